The smallest absolute Gasteiger partial charge is 0.238 e. The number of primary sulfonamides is 1. The highest BCUT2D eigenvalue weighted by Crippen LogP contribution is 2.35. The summed E-state index contributed by atoms with van der Waals surface area (Å²) in [6.45, 7) is 2.58. The van der Waals surface area contributed by atoms with Gasteiger partial charge in [-0.15, -0.1) is 24.8 Å². The molecule has 7 nitrogen and oxygen atoms in total. The van der Waals surface area contributed by atoms with Crippen molar-refractivity contribution in [1.82, 2.24) is 9.97 Å². The molecule has 10 heteroatoms. The molecule has 0 bridgehead atoms. The first-order chi connectivity index (χ1) is 11.8. The summed E-state index contributed by atoms with van der Waals surface area (Å²) in [4.78, 5) is 9.06. The minimum atomic E-state index is -3.64. The Labute approximate surface area is 172 Å². The van der Waals surface area contributed by atoms with Crippen LogP contribution in [0.3, 0.4) is 0 Å². The summed E-state index contributed by atoms with van der Waals surface area (Å²) in [5.41, 5.74) is 7.93. The summed E-state index contributed by atoms with van der Waals surface area (Å²) in [7, 11) is -3.64. The fourth-order valence-corrected chi connectivity index (χ4v) is 3.49. The normalized spacial score (nSPS) is 18.6. The number of sulfonamides is 1. The first-order valence-corrected chi connectivity index (χ1v) is 9.82. The zero-order valence-corrected chi connectivity index (χ0v) is 17.4. The largest absolute Gasteiger partial charge is 0.370 e. The molecule has 1 heterocycles. The predicted octanol–water partition coefficient (Wildman–Crippen LogP) is 2.14. The molecule has 5 N–H and O–H groups in total. The van der Waals surface area contributed by atoms with E-state index in [1.807, 2.05) is 13.0 Å². The third-order valence-electron chi connectivity index (χ3n) is 4.42. The second-order valence-corrected chi connectivity index (χ2v) is 8.08. The molecule has 1 aromatic carbocycles. The summed E-state index contributed by atoms with van der Waals surface area (Å²) in [6, 6.07) is 8.88. The molecule has 0 aliphatic heterocycles. The average Bonchev–Trinajstić information content (AvgIpc) is 2.51. The monoisotopic (exact) mass is 433 g/mol. The van der Waals surface area contributed by atoms with E-state index < -0.39 is 10.0 Å². The Bertz CT molecular complexity index is 856. The molecule has 27 heavy (non-hydrogen) atoms. The number of halogens is 2. The van der Waals surface area contributed by atoms with E-state index in [1.165, 1.54) is 12.1 Å². The molecule has 0 saturated heterocycles. The van der Waals surface area contributed by atoms with E-state index in [9.17, 15) is 8.42 Å². The molecule has 2 aromatic rings. The minimum Gasteiger partial charge on any atom is -0.370 e. The zero-order chi connectivity index (χ0) is 18.0. The Hall–Kier alpha value is -1.45. The molecule has 0 radical (unpaired) electrons. The number of anilines is 1. The van der Waals surface area contributed by atoms with Gasteiger partial charge in [0.25, 0.3) is 0 Å². The van der Waals surface area contributed by atoms with Gasteiger partial charge >= 0.3 is 0 Å². The average molecular weight is 434 g/mol. The van der Waals surface area contributed by atoms with Crippen LogP contribution >= 0.6 is 24.8 Å². The van der Waals surface area contributed by atoms with E-state index in [1.54, 1.807) is 12.1 Å². The number of aromatic nitrogens is 2. The number of benzene rings is 1. The maximum Gasteiger partial charge on any atom is 0.238 e. The van der Waals surface area contributed by atoms with Crippen molar-refractivity contribution in [3.8, 4) is 0 Å². The van der Waals surface area contributed by atoms with Crippen LogP contribution < -0.4 is 16.2 Å². The minimum absolute atomic E-state index is 0. The Balaban J connectivity index is 0.00000182. The van der Waals surface area contributed by atoms with Crippen LogP contribution in [-0.2, 0) is 16.4 Å². The Kier molecular flexibility index (Phi) is 8.44. The maximum absolute atomic E-state index is 11.3. The van der Waals surface area contributed by atoms with Crippen LogP contribution in [0.25, 0.3) is 0 Å². The number of rotatable bonds is 6. The molecule has 0 spiro atoms. The number of hydrogen-bond donors (Lipinski definition) is 3. The van der Waals surface area contributed by atoms with Crippen LogP contribution in [-0.4, -0.2) is 31.0 Å². The highest BCUT2D eigenvalue weighted by atomic mass is 35.5. The van der Waals surface area contributed by atoms with E-state index in [0.717, 1.165) is 42.2 Å². The second-order valence-electron chi connectivity index (χ2n) is 6.52. The molecule has 150 valence electrons. The van der Waals surface area contributed by atoms with Crippen molar-refractivity contribution in [3.05, 3.63) is 47.4 Å². The number of nitrogens with two attached hydrogens (primary N) is 2. The number of nitrogens with one attached hydrogen (secondary N) is 1. The van der Waals surface area contributed by atoms with Gasteiger partial charge in [-0.25, -0.2) is 23.5 Å². The third-order valence-corrected chi connectivity index (χ3v) is 5.35. The predicted molar refractivity (Wildman–Crippen MR) is 111 cm³/mol. The summed E-state index contributed by atoms with van der Waals surface area (Å²) < 4.78 is 22.5. The highest BCUT2D eigenvalue weighted by Gasteiger charge is 2.28. The zero-order valence-electron chi connectivity index (χ0n) is 15.0. The molecule has 0 unspecified atom stereocenters. The van der Waals surface area contributed by atoms with Crippen molar-refractivity contribution in [2.24, 2.45) is 10.9 Å². The van der Waals surface area contributed by atoms with Crippen LogP contribution in [0.5, 0.6) is 0 Å². The molecule has 1 saturated carbocycles. The van der Waals surface area contributed by atoms with E-state index in [0.29, 0.717) is 12.5 Å². The van der Waals surface area contributed by atoms with Gasteiger partial charge in [0, 0.05) is 30.3 Å². The van der Waals surface area contributed by atoms with Crippen molar-refractivity contribution >= 4 is 40.7 Å². The number of nitrogens with zero attached hydrogens (tertiary/aromatic N) is 2. The fourth-order valence-electron chi connectivity index (χ4n) is 2.97. The Morgan fingerprint density at radius 2 is 1.78 bits per heavy atom. The van der Waals surface area contributed by atoms with E-state index >= 15 is 0 Å². The maximum atomic E-state index is 11.3. The highest BCUT2D eigenvalue weighted by molar-refractivity contribution is 7.89. The molecule has 1 fully saturated rings. The first-order valence-electron chi connectivity index (χ1n) is 8.28. The fraction of sp³-hybridized carbons (Fsp3) is 0.412. The van der Waals surface area contributed by atoms with E-state index in [2.05, 4.69) is 15.3 Å². The van der Waals surface area contributed by atoms with Gasteiger partial charge < -0.3 is 11.1 Å². The Morgan fingerprint density at radius 3 is 2.33 bits per heavy atom. The lowest BCUT2D eigenvalue weighted by Gasteiger charge is -2.32. The first kappa shape index (κ1) is 23.6. The molecule has 0 atom stereocenters. The molecule has 1 aliphatic carbocycles. The van der Waals surface area contributed by atoms with Crippen LogP contribution in [0.1, 0.15) is 35.8 Å². The third kappa shape index (κ3) is 6.29. The molecular weight excluding hydrogens is 409 g/mol. The molecule has 0 amide bonds. The summed E-state index contributed by atoms with van der Waals surface area (Å²) in [6.07, 6.45) is 2.70. The van der Waals surface area contributed by atoms with Crippen molar-refractivity contribution in [2.75, 3.05) is 11.9 Å². The van der Waals surface area contributed by atoms with Crippen LogP contribution in [0.15, 0.2) is 35.2 Å². The van der Waals surface area contributed by atoms with Crippen molar-refractivity contribution in [3.63, 3.8) is 0 Å². The van der Waals surface area contributed by atoms with Gasteiger partial charge in [0.05, 0.1) is 4.90 Å². The summed E-state index contributed by atoms with van der Waals surface area (Å²) in [5, 5.41) is 8.41. The summed E-state index contributed by atoms with van der Waals surface area (Å²) in [5.74, 6) is 1.99. The van der Waals surface area contributed by atoms with Crippen molar-refractivity contribution in [2.45, 2.75) is 43.0 Å². The van der Waals surface area contributed by atoms with Gasteiger partial charge in [0.1, 0.15) is 11.6 Å². The van der Waals surface area contributed by atoms with Crippen LogP contribution in [0, 0.1) is 6.92 Å². The van der Waals surface area contributed by atoms with Crippen molar-refractivity contribution < 1.29 is 8.42 Å². The van der Waals surface area contributed by atoms with E-state index in [-0.39, 0.29) is 35.8 Å². The van der Waals surface area contributed by atoms with Gasteiger partial charge in [-0.1, -0.05) is 12.1 Å². The topological polar surface area (TPSA) is 124 Å². The Morgan fingerprint density at radius 1 is 1.15 bits per heavy atom. The van der Waals surface area contributed by atoms with Crippen LogP contribution in [0.2, 0.25) is 0 Å². The van der Waals surface area contributed by atoms with Gasteiger partial charge in [-0.05, 0) is 43.9 Å². The SMILES string of the molecule is Cc1nc(NCCc2ccc(S(N)(=O)=O)cc2)cc(C2CC(N)C2)n1.Cl.Cl. The standard InChI is InChI=1S/C17H23N5O2S.2ClH/c1-11-21-16(13-8-14(18)9-13)10-17(22-11)20-7-6-12-2-4-15(5-3-12)25(19,23)24;;/h2-5,10,13-14H,6-9,18H2,1H3,(H2,19,23,24)(H,20,21,22);2*1H. The molecule has 1 aromatic heterocycles. The molecule has 1 aliphatic rings. The second kappa shape index (κ2) is 9.66. The van der Waals surface area contributed by atoms with E-state index in [4.69, 9.17) is 10.9 Å². The lowest BCUT2D eigenvalue weighted by atomic mass is 9.78. The van der Waals surface area contributed by atoms with Crippen LogP contribution in [0.4, 0.5) is 5.82 Å². The number of aryl methyl sites for hydroxylation is 1. The lowest BCUT2D eigenvalue weighted by Crippen LogP contribution is -2.35. The quantitative estimate of drug-likeness (QED) is 0.640. The summed E-state index contributed by atoms with van der Waals surface area (Å²) >= 11 is 0. The lowest BCUT2D eigenvalue weighted by molar-refractivity contribution is 0.344. The van der Waals surface area contributed by atoms with Gasteiger partial charge in [0.2, 0.25) is 10.0 Å². The van der Waals surface area contributed by atoms with Gasteiger partial charge in [-0.3, -0.25) is 0 Å². The molecular formula is C17H25Cl2N5O2S. The van der Waals surface area contributed by atoms with Gasteiger partial charge in [-0.2, -0.15) is 0 Å². The molecule has 3 rings (SSSR count). The van der Waals surface area contributed by atoms with Crippen molar-refractivity contribution in [1.29, 1.82) is 0 Å². The number of hydrogen-bond acceptors (Lipinski definition) is 6. The van der Waals surface area contributed by atoms with Gasteiger partial charge in [0.15, 0.2) is 0 Å².